The lowest BCUT2D eigenvalue weighted by molar-refractivity contribution is 0.0390. The van der Waals surface area contributed by atoms with Gasteiger partial charge in [0.25, 0.3) is 0 Å². The highest BCUT2D eigenvalue weighted by Gasteiger charge is 2.16. The van der Waals surface area contributed by atoms with Crippen LogP contribution in [0.5, 0.6) is 0 Å². The normalized spacial score (nSPS) is 17.1. The Morgan fingerprint density at radius 3 is 2.55 bits per heavy atom. The second-order valence-corrected chi connectivity index (χ2v) is 6.11. The average molecular weight is 301 g/mol. The Hall–Kier alpha value is -1.29. The molecule has 1 aromatic heterocycles. The summed E-state index contributed by atoms with van der Waals surface area (Å²) in [7, 11) is -1.88. The van der Waals surface area contributed by atoms with Gasteiger partial charge in [-0.05, 0) is 0 Å². The Labute approximate surface area is 118 Å². The van der Waals surface area contributed by atoms with Gasteiger partial charge in [0.05, 0.1) is 25.6 Å². The maximum atomic E-state index is 12.0. The third-order valence-electron chi connectivity index (χ3n) is 2.99. The molecule has 0 radical (unpaired) electrons. The number of sulfonamides is 1. The molecule has 0 spiro atoms. The second-order valence-electron chi connectivity index (χ2n) is 4.34. The smallest absolute Gasteiger partial charge is 0.243 e. The molecule has 8 nitrogen and oxygen atoms in total. The Balaban J connectivity index is 1.86. The Kier molecular flexibility index (Phi) is 5.24. The van der Waals surface area contributed by atoms with Gasteiger partial charge in [-0.1, -0.05) is 0 Å². The van der Waals surface area contributed by atoms with Crippen molar-refractivity contribution in [2.45, 2.75) is 4.90 Å². The summed E-state index contributed by atoms with van der Waals surface area (Å²) < 4.78 is 31.8. The van der Waals surface area contributed by atoms with E-state index in [9.17, 15) is 8.42 Å². The number of anilines is 1. The van der Waals surface area contributed by atoms with Gasteiger partial charge in [-0.15, -0.1) is 0 Å². The van der Waals surface area contributed by atoms with Gasteiger partial charge in [0.1, 0.15) is 4.90 Å². The van der Waals surface area contributed by atoms with Crippen LogP contribution < -0.4 is 10.0 Å². The molecule has 2 heterocycles. The Bertz CT molecular complexity index is 513. The highest BCUT2D eigenvalue weighted by atomic mass is 32.2. The molecule has 9 heteroatoms. The van der Waals surface area contributed by atoms with E-state index in [4.69, 9.17) is 4.74 Å². The van der Waals surface area contributed by atoms with Crippen LogP contribution in [0.1, 0.15) is 0 Å². The zero-order valence-electron chi connectivity index (χ0n) is 11.4. The third-order valence-corrected chi connectivity index (χ3v) is 4.40. The zero-order valence-corrected chi connectivity index (χ0v) is 12.2. The van der Waals surface area contributed by atoms with Crippen LogP contribution in [-0.4, -0.2) is 69.7 Å². The second kappa shape index (κ2) is 6.93. The highest BCUT2D eigenvalue weighted by Crippen LogP contribution is 2.06. The molecule has 0 aromatic carbocycles. The van der Waals surface area contributed by atoms with Crippen molar-refractivity contribution >= 4 is 16.0 Å². The van der Waals surface area contributed by atoms with E-state index < -0.39 is 10.0 Å². The first kappa shape index (κ1) is 15.1. The van der Waals surface area contributed by atoms with Crippen molar-refractivity contribution in [2.24, 2.45) is 0 Å². The molecule has 0 unspecified atom stereocenters. The van der Waals surface area contributed by atoms with Crippen LogP contribution in [0.15, 0.2) is 17.3 Å². The predicted octanol–water partition coefficient (Wildman–Crippen LogP) is -0.871. The van der Waals surface area contributed by atoms with Gasteiger partial charge in [-0.25, -0.2) is 23.1 Å². The fourth-order valence-corrected chi connectivity index (χ4v) is 2.74. The maximum Gasteiger partial charge on any atom is 0.243 e. The van der Waals surface area contributed by atoms with Crippen molar-refractivity contribution in [2.75, 3.05) is 51.8 Å². The van der Waals surface area contributed by atoms with E-state index in [0.29, 0.717) is 32.3 Å². The number of nitrogens with zero attached hydrogens (tertiary/aromatic N) is 3. The summed E-state index contributed by atoms with van der Waals surface area (Å²) in [4.78, 5) is 10.0. The van der Waals surface area contributed by atoms with Crippen LogP contribution in [0.4, 0.5) is 5.95 Å². The molecule has 1 aliphatic heterocycles. The summed E-state index contributed by atoms with van der Waals surface area (Å²) in [5.74, 6) is 0.386. The van der Waals surface area contributed by atoms with Crippen LogP contribution in [0, 0.1) is 0 Å². The maximum absolute atomic E-state index is 12.0. The number of hydrogen-bond acceptors (Lipinski definition) is 7. The quantitative estimate of drug-likeness (QED) is 0.705. The lowest BCUT2D eigenvalue weighted by Gasteiger charge is -2.26. The van der Waals surface area contributed by atoms with E-state index in [1.54, 1.807) is 7.05 Å². The number of morpholine rings is 1. The number of rotatable bonds is 6. The van der Waals surface area contributed by atoms with Crippen LogP contribution in [-0.2, 0) is 14.8 Å². The minimum absolute atomic E-state index is 0.0680. The van der Waals surface area contributed by atoms with Gasteiger partial charge >= 0.3 is 0 Å². The first-order chi connectivity index (χ1) is 9.62. The minimum Gasteiger partial charge on any atom is -0.379 e. The standard InChI is InChI=1S/C11H19N5O3S/c1-12-11-13-8-10(9-14-11)20(17,18)15-2-3-16-4-6-19-7-5-16/h8-9,15H,2-7H2,1H3,(H,12,13,14). The average Bonchev–Trinajstić information content (AvgIpc) is 2.48. The van der Waals surface area contributed by atoms with Gasteiger partial charge in [0.15, 0.2) is 0 Å². The van der Waals surface area contributed by atoms with Crippen molar-refractivity contribution in [3.05, 3.63) is 12.4 Å². The van der Waals surface area contributed by atoms with Crippen molar-refractivity contribution < 1.29 is 13.2 Å². The number of ether oxygens (including phenoxy) is 1. The summed E-state index contributed by atoms with van der Waals surface area (Å²) >= 11 is 0. The molecule has 2 N–H and O–H groups in total. The SMILES string of the molecule is CNc1ncc(S(=O)(=O)NCCN2CCOCC2)cn1. The summed E-state index contributed by atoms with van der Waals surface area (Å²) in [5.41, 5.74) is 0. The van der Waals surface area contributed by atoms with E-state index in [2.05, 4.69) is 24.9 Å². The number of aromatic nitrogens is 2. The van der Waals surface area contributed by atoms with Gasteiger partial charge in [0.2, 0.25) is 16.0 Å². The van der Waals surface area contributed by atoms with E-state index in [0.717, 1.165) is 13.1 Å². The van der Waals surface area contributed by atoms with Crippen LogP contribution in [0.25, 0.3) is 0 Å². The van der Waals surface area contributed by atoms with E-state index in [1.165, 1.54) is 12.4 Å². The fraction of sp³-hybridized carbons (Fsp3) is 0.636. The van der Waals surface area contributed by atoms with Crippen LogP contribution in [0.3, 0.4) is 0 Å². The van der Waals surface area contributed by atoms with E-state index >= 15 is 0 Å². The summed E-state index contributed by atoms with van der Waals surface area (Å²) in [6, 6.07) is 0. The topological polar surface area (TPSA) is 96.5 Å². The predicted molar refractivity (Wildman–Crippen MR) is 74.0 cm³/mol. The van der Waals surface area contributed by atoms with Gasteiger partial charge in [-0.3, -0.25) is 4.90 Å². The minimum atomic E-state index is -3.55. The van der Waals surface area contributed by atoms with Crippen LogP contribution >= 0.6 is 0 Å². The molecule has 1 aliphatic rings. The van der Waals surface area contributed by atoms with Crippen molar-refractivity contribution in [1.29, 1.82) is 0 Å². The first-order valence-corrected chi connectivity index (χ1v) is 7.90. The molecule has 2 rings (SSSR count). The molecule has 0 aliphatic carbocycles. The zero-order chi connectivity index (χ0) is 14.4. The molecule has 1 aromatic rings. The molecule has 1 saturated heterocycles. The largest absolute Gasteiger partial charge is 0.379 e. The monoisotopic (exact) mass is 301 g/mol. The van der Waals surface area contributed by atoms with E-state index in [-0.39, 0.29) is 4.90 Å². The van der Waals surface area contributed by atoms with Crippen molar-refractivity contribution in [3.8, 4) is 0 Å². The molecule has 1 fully saturated rings. The summed E-state index contributed by atoms with van der Waals surface area (Å²) in [6.07, 6.45) is 2.58. The van der Waals surface area contributed by atoms with Gasteiger partial charge in [-0.2, -0.15) is 0 Å². The molecule has 0 amide bonds. The molecule has 20 heavy (non-hydrogen) atoms. The summed E-state index contributed by atoms with van der Waals surface area (Å²) in [6.45, 7) is 4.09. The molecule has 0 saturated carbocycles. The number of nitrogens with one attached hydrogen (secondary N) is 2. The van der Waals surface area contributed by atoms with Crippen molar-refractivity contribution in [1.82, 2.24) is 19.6 Å². The molecule has 112 valence electrons. The van der Waals surface area contributed by atoms with Gasteiger partial charge < -0.3 is 10.1 Å². The van der Waals surface area contributed by atoms with Crippen LogP contribution in [0.2, 0.25) is 0 Å². The summed E-state index contributed by atoms with van der Waals surface area (Å²) in [5, 5.41) is 2.74. The molecular weight excluding hydrogens is 282 g/mol. The van der Waals surface area contributed by atoms with Gasteiger partial charge in [0, 0.05) is 33.2 Å². The molecule has 0 bridgehead atoms. The lowest BCUT2D eigenvalue weighted by atomic mass is 10.4. The molecular formula is C11H19N5O3S. The Morgan fingerprint density at radius 2 is 1.95 bits per heavy atom. The lowest BCUT2D eigenvalue weighted by Crippen LogP contribution is -2.41. The molecule has 0 atom stereocenters. The first-order valence-electron chi connectivity index (χ1n) is 6.41. The third kappa shape index (κ3) is 4.10. The van der Waals surface area contributed by atoms with Crippen molar-refractivity contribution in [3.63, 3.8) is 0 Å². The number of hydrogen-bond donors (Lipinski definition) is 2. The van der Waals surface area contributed by atoms with E-state index in [1.807, 2.05) is 0 Å². The highest BCUT2D eigenvalue weighted by molar-refractivity contribution is 7.89. The Morgan fingerprint density at radius 1 is 1.30 bits per heavy atom. The fourth-order valence-electron chi connectivity index (χ4n) is 1.83.